The van der Waals surface area contributed by atoms with E-state index in [1.165, 1.54) is 5.56 Å². The molecule has 158 valence electrons. The van der Waals surface area contributed by atoms with Crippen molar-refractivity contribution >= 4 is 0 Å². The highest BCUT2D eigenvalue weighted by molar-refractivity contribution is 5.39. The van der Waals surface area contributed by atoms with Gasteiger partial charge in [0.15, 0.2) is 0 Å². The molecule has 0 N–H and O–H groups in total. The molecule has 1 saturated heterocycles. The van der Waals surface area contributed by atoms with Gasteiger partial charge >= 0.3 is 0 Å². The maximum absolute atomic E-state index is 5.96. The highest BCUT2D eigenvalue weighted by atomic mass is 16.5. The van der Waals surface area contributed by atoms with Crippen LogP contribution < -0.4 is 4.74 Å². The zero-order chi connectivity index (χ0) is 20.8. The summed E-state index contributed by atoms with van der Waals surface area (Å²) in [6, 6.07) is 10.4. The predicted molar refractivity (Wildman–Crippen MR) is 115 cm³/mol. The van der Waals surface area contributed by atoms with Crippen molar-refractivity contribution < 1.29 is 9.47 Å². The van der Waals surface area contributed by atoms with Crippen LogP contribution in [0.1, 0.15) is 36.2 Å². The Bertz CT molecular complexity index is 934. The molecule has 1 aliphatic heterocycles. The first-order valence-corrected chi connectivity index (χ1v) is 10.7. The Labute approximate surface area is 177 Å². The van der Waals surface area contributed by atoms with Crippen LogP contribution in [0.25, 0.3) is 5.95 Å². The molecule has 0 saturated carbocycles. The fourth-order valence-electron chi connectivity index (χ4n) is 3.63. The summed E-state index contributed by atoms with van der Waals surface area (Å²) in [5, 5.41) is 4.80. The standard InChI is InChI=1S/C23H29N5O2/c1-3-18-15-24-23(25-16-18)28-21(17-27-10-12-29-13-11-27)20(22(26-28)30-4-2)14-19-8-6-5-7-9-19/h5-9,15-16H,3-4,10-14,17H2,1-2H3. The van der Waals surface area contributed by atoms with Crippen LogP contribution in [0, 0.1) is 0 Å². The van der Waals surface area contributed by atoms with Crippen molar-refractivity contribution in [3.05, 3.63) is 65.1 Å². The van der Waals surface area contributed by atoms with Crippen molar-refractivity contribution in [1.82, 2.24) is 24.6 Å². The number of aromatic nitrogens is 4. The lowest BCUT2D eigenvalue weighted by Gasteiger charge is -2.27. The number of aryl methyl sites for hydroxylation is 1. The Morgan fingerprint density at radius 2 is 1.73 bits per heavy atom. The largest absolute Gasteiger partial charge is 0.477 e. The van der Waals surface area contributed by atoms with E-state index in [4.69, 9.17) is 14.6 Å². The van der Waals surface area contributed by atoms with Crippen LogP contribution in [0.5, 0.6) is 5.88 Å². The number of hydrogen-bond donors (Lipinski definition) is 0. The Kier molecular flexibility index (Phi) is 6.71. The van der Waals surface area contributed by atoms with E-state index in [2.05, 4.69) is 46.1 Å². The monoisotopic (exact) mass is 407 g/mol. The van der Waals surface area contributed by atoms with Crippen molar-refractivity contribution in [2.24, 2.45) is 0 Å². The van der Waals surface area contributed by atoms with Crippen molar-refractivity contribution in [2.75, 3.05) is 32.9 Å². The van der Waals surface area contributed by atoms with E-state index < -0.39 is 0 Å². The second-order valence-electron chi connectivity index (χ2n) is 7.37. The first-order chi connectivity index (χ1) is 14.8. The normalized spacial score (nSPS) is 14.7. The maximum atomic E-state index is 5.96. The smallest absolute Gasteiger partial charge is 0.250 e. The summed E-state index contributed by atoms with van der Waals surface area (Å²) < 4.78 is 13.3. The molecule has 0 atom stereocenters. The van der Waals surface area contributed by atoms with Crippen molar-refractivity contribution in [1.29, 1.82) is 0 Å². The van der Waals surface area contributed by atoms with Gasteiger partial charge in [-0.15, -0.1) is 5.10 Å². The molecule has 0 radical (unpaired) electrons. The minimum absolute atomic E-state index is 0.561. The van der Waals surface area contributed by atoms with E-state index in [1.807, 2.05) is 30.1 Å². The lowest BCUT2D eigenvalue weighted by atomic mass is 10.0. The first kappa shape index (κ1) is 20.5. The van der Waals surface area contributed by atoms with Gasteiger partial charge < -0.3 is 9.47 Å². The Balaban J connectivity index is 1.77. The van der Waals surface area contributed by atoms with Gasteiger partial charge in [0.05, 0.1) is 25.5 Å². The van der Waals surface area contributed by atoms with Gasteiger partial charge in [0, 0.05) is 44.0 Å². The van der Waals surface area contributed by atoms with E-state index in [-0.39, 0.29) is 0 Å². The summed E-state index contributed by atoms with van der Waals surface area (Å²) in [5.41, 5.74) is 4.50. The van der Waals surface area contributed by atoms with Crippen molar-refractivity contribution in [3.8, 4) is 11.8 Å². The molecule has 7 heteroatoms. The molecule has 1 aromatic carbocycles. The number of nitrogens with zero attached hydrogens (tertiary/aromatic N) is 5. The summed E-state index contributed by atoms with van der Waals surface area (Å²) >= 11 is 0. The Morgan fingerprint density at radius 3 is 2.40 bits per heavy atom. The lowest BCUT2D eigenvalue weighted by molar-refractivity contribution is 0.0332. The maximum Gasteiger partial charge on any atom is 0.250 e. The molecule has 7 nitrogen and oxygen atoms in total. The first-order valence-electron chi connectivity index (χ1n) is 10.7. The van der Waals surface area contributed by atoms with Crippen LogP contribution in [0.3, 0.4) is 0 Å². The summed E-state index contributed by atoms with van der Waals surface area (Å²) in [6.07, 6.45) is 5.41. The van der Waals surface area contributed by atoms with E-state index in [0.717, 1.165) is 62.5 Å². The van der Waals surface area contributed by atoms with Crippen LogP contribution in [-0.2, 0) is 24.1 Å². The predicted octanol–water partition coefficient (Wildman–Crippen LogP) is 3.05. The van der Waals surface area contributed by atoms with Crippen molar-refractivity contribution in [3.63, 3.8) is 0 Å². The Hall–Kier alpha value is -2.77. The fraction of sp³-hybridized carbons (Fsp3) is 0.435. The van der Waals surface area contributed by atoms with Gasteiger partial charge in [0.25, 0.3) is 5.95 Å². The molecule has 3 aromatic rings. The molecule has 0 unspecified atom stereocenters. The average molecular weight is 408 g/mol. The topological polar surface area (TPSA) is 65.3 Å². The quantitative estimate of drug-likeness (QED) is 0.572. The molecular weight excluding hydrogens is 378 g/mol. The molecule has 2 aromatic heterocycles. The number of benzene rings is 1. The molecule has 4 rings (SSSR count). The molecule has 0 bridgehead atoms. The summed E-state index contributed by atoms with van der Waals surface area (Å²) in [6.45, 7) is 8.70. The SMILES string of the molecule is CCOc1nn(-c2ncc(CC)cn2)c(CN2CCOCC2)c1Cc1ccccc1. The second-order valence-corrected chi connectivity index (χ2v) is 7.37. The summed E-state index contributed by atoms with van der Waals surface area (Å²) in [4.78, 5) is 11.6. The molecule has 0 aliphatic carbocycles. The zero-order valence-electron chi connectivity index (χ0n) is 17.8. The van der Waals surface area contributed by atoms with E-state index >= 15 is 0 Å². The third kappa shape index (κ3) is 4.68. The lowest BCUT2D eigenvalue weighted by Crippen LogP contribution is -2.36. The van der Waals surface area contributed by atoms with E-state index in [1.54, 1.807) is 0 Å². The van der Waals surface area contributed by atoms with Crippen LogP contribution in [0.4, 0.5) is 0 Å². The Morgan fingerprint density at radius 1 is 1.00 bits per heavy atom. The number of rotatable bonds is 8. The zero-order valence-corrected chi connectivity index (χ0v) is 17.8. The third-order valence-electron chi connectivity index (χ3n) is 5.32. The fourth-order valence-corrected chi connectivity index (χ4v) is 3.63. The molecule has 0 spiro atoms. The molecule has 30 heavy (non-hydrogen) atoms. The molecule has 0 amide bonds. The van der Waals surface area contributed by atoms with E-state index in [9.17, 15) is 0 Å². The highest BCUT2D eigenvalue weighted by Gasteiger charge is 2.24. The van der Waals surface area contributed by atoms with Gasteiger partial charge in [-0.1, -0.05) is 37.3 Å². The molecule has 3 heterocycles. The number of ether oxygens (including phenoxy) is 2. The number of hydrogen-bond acceptors (Lipinski definition) is 6. The van der Waals surface area contributed by atoms with Crippen LogP contribution >= 0.6 is 0 Å². The molecule has 1 aliphatic rings. The van der Waals surface area contributed by atoms with Crippen LogP contribution in [0.15, 0.2) is 42.7 Å². The molecular formula is C23H29N5O2. The number of morpholine rings is 1. The highest BCUT2D eigenvalue weighted by Crippen LogP contribution is 2.28. The van der Waals surface area contributed by atoms with Gasteiger partial charge in [-0.2, -0.15) is 4.68 Å². The molecule has 1 fully saturated rings. The van der Waals surface area contributed by atoms with Gasteiger partial charge in [0.2, 0.25) is 5.88 Å². The van der Waals surface area contributed by atoms with Gasteiger partial charge in [0.1, 0.15) is 0 Å². The summed E-state index contributed by atoms with van der Waals surface area (Å²) in [7, 11) is 0. The summed E-state index contributed by atoms with van der Waals surface area (Å²) in [5.74, 6) is 1.24. The minimum atomic E-state index is 0.561. The van der Waals surface area contributed by atoms with E-state index in [0.29, 0.717) is 18.4 Å². The van der Waals surface area contributed by atoms with Crippen molar-refractivity contribution in [2.45, 2.75) is 33.2 Å². The minimum Gasteiger partial charge on any atom is -0.477 e. The van der Waals surface area contributed by atoms with Gasteiger partial charge in [-0.25, -0.2) is 9.97 Å². The van der Waals surface area contributed by atoms with Gasteiger partial charge in [-0.3, -0.25) is 4.90 Å². The third-order valence-corrected chi connectivity index (χ3v) is 5.32. The second kappa shape index (κ2) is 9.82. The van der Waals surface area contributed by atoms with Gasteiger partial charge in [-0.05, 0) is 24.5 Å². The van der Waals surface area contributed by atoms with Crippen LogP contribution in [0.2, 0.25) is 0 Å². The average Bonchev–Trinajstić information content (AvgIpc) is 3.12. The van der Waals surface area contributed by atoms with Crippen LogP contribution in [-0.4, -0.2) is 57.6 Å².